The average molecular weight is 453 g/mol. The smallest absolute Gasteiger partial charge is 0.342 e. The standard InChI is InChI=1S/C23H29ClO7/c1-11-17(13(26)5-14(27)18(11)24)19(28)31-16-8-21(4)15-7-20(2,3)10-22(15,29)6-12(9-25)23(16,21)30/h5-6,15-16,25-27,29-30H,7-10H2,1-4H3/t15-,16+,21-,22+,23+/m1/s1. The zero-order chi connectivity index (χ0) is 23.1. The Morgan fingerprint density at radius 1 is 1.19 bits per heavy atom. The van der Waals surface area contributed by atoms with Crippen LogP contribution < -0.4 is 0 Å². The number of aromatic hydroxyl groups is 2. The second-order valence-electron chi connectivity index (χ2n) is 10.4. The molecule has 0 saturated heterocycles. The van der Waals surface area contributed by atoms with Gasteiger partial charge in [0.2, 0.25) is 0 Å². The number of benzene rings is 1. The molecule has 8 heteroatoms. The van der Waals surface area contributed by atoms with Crippen molar-refractivity contribution in [1.82, 2.24) is 0 Å². The number of phenolic OH excluding ortho intramolecular Hbond substituents is 2. The Bertz CT molecular complexity index is 1000. The SMILES string of the molecule is Cc1c(Cl)c(O)cc(O)c1C(=O)O[C@H]1C[C@]2(C)[C@H]3CC(C)(C)C[C@@]3(O)C=C(CO)[C@]12O. The average Bonchev–Trinajstić information content (AvgIpc) is 2.92. The van der Waals surface area contributed by atoms with Gasteiger partial charge in [0, 0.05) is 17.4 Å². The van der Waals surface area contributed by atoms with Crippen LogP contribution in [-0.2, 0) is 4.74 Å². The van der Waals surface area contributed by atoms with E-state index in [9.17, 15) is 30.3 Å². The number of aliphatic hydroxyl groups is 3. The van der Waals surface area contributed by atoms with Crippen molar-refractivity contribution in [2.45, 2.75) is 64.3 Å². The van der Waals surface area contributed by atoms with E-state index in [0.717, 1.165) is 6.07 Å². The molecule has 0 spiro atoms. The first-order valence-electron chi connectivity index (χ1n) is 10.4. The molecule has 0 bridgehead atoms. The summed E-state index contributed by atoms with van der Waals surface area (Å²) in [5, 5.41) is 52.9. The summed E-state index contributed by atoms with van der Waals surface area (Å²) in [6.07, 6.45) is 2.08. The number of carbonyl (C=O) groups excluding carboxylic acids is 1. The molecular weight excluding hydrogens is 424 g/mol. The molecule has 4 rings (SSSR count). The van der Waals surface area contributed by atoms with Crippen molar-refractivity contribution in [1.29, 1.82) is 0 Å². The molecule has 2 saturated carbocycles. The number of ether oxygens (including phenoxy) is 1. The van der Waals surface area contributed by atoms with Crippen LogP contribution in [-0.4, -0.2) is 55.4 Å². The Labute approximate surface area is 185 Å². The lowest BCUT2D eigenvalue weighted by molar-refractivity contribution is -0.264. The first-order valence-corrected chi connectivity index (χ1v) is 10.8. The van der Waals surface area contributed by atoms with Crippen LogP contribution in [0, 0.1) is 23.7 Å². The summed E-state index contributed by atoms with van der Waals surface area (Å²) in [6.45, 7) is 6.98. The van der Waals surface area contributed by atoms with Crippen molar-refractivity contribution in [2.75, 3.05) is 6.61 Å². The molecule has 1 aromatic carbocycles. The van der Waals surface area contributed by atoms with Crippen LogP contribution in [0.4, 0.5) is 0 Å². The number of carbonyl (C=O) groups is 1. The Morgan fingerprint density at radius 3 is 2.45 bits per heavy atom. The molecule has 3 aliphatic rings. The third-order valence-corrected chi connectivity index (χ3v) is 8.31. The zero-order valence-electron chi connectivity index (χ0n) is 18.1. The maximum Gasteiger partial charge on any atom is 0.342 e. The molecule has 7 nitrogen and oxygen atoms in total. The zero-order valence-corrected chi connectivity index (χ0v) is 18.8. The van der Waals surface area contributed by atoms with Crippen molar-refractivity contribution in [3.63, 3.8) is 0 Å². The third kappa shape index (κ3) is 2.86. The van der Waals surface area contributed by atoms with E-state index in [4.69, 9.17) is 16.3 Å². The molecule has 170 valence electrons. The van der Waals surface area contributed by atoms with E-state index in [1.54, 1.807) is 6.08 Å². The highest BCUT2D eigenvalue weighted by Crippen LogP contribution is 2.69. The fraction of sp³-hybridized carbons (Fsp3) is 0.609. The van der Waals surface area contributed by atoms with Crippen LogP contribution in [0.2, 0.25) is 5.02 Å². The van der Waals surface area contributed by atoms with Crippen LogP contribution in [0.3, 0.4) is 0 Å². The number of halogens is 1. The molecule has 0 unspecified atom stereocenters. The maximum atomic E-state index is 12.9. The van der Waals surface area contributed by atoms with Crippen LogP contribution in [0.15, 0.2) is 17.7 Å². The molecule has 3 aliphatic carbocycles. The highest BCUT2D eigenvalue weighted by molar-refractivity contribution is 6.33. The molecule has 5 N–H and O–H groups in total. The predicted octanol–water partition coefficient (Wildman–Crippen LogP) is 2.83. The first kappa shape index (κ1) is 22.4. The minimum absolute atomic E-state index is 0.0752. The fourth-order valence-electron chi connectivity index (χ4n) is 6.44. The van der Waals surface area contributed by atoms with Gasteiger partial charge in [0.15, 0.2) is 0 Å². The van der Waals surface area contributed by atoms with E-state index >= 15 is 0 Å². The van der Waals surface area contributed by atoms with Crippen molar-refractivity contribution in [3.05, 3.63) is 33.9 Å². The van der Waals surface area contributed by atoms with Crippen molar-refractivity contribution < 1.29 is 35.1 Å². The summed E-state index contributed by atoms with van der Waals surface area (Å²) in [5.41, 5.74) is -3.51. The predicted molar refractivity (Wildman–Crippen MR) is 113 cm³/mol. The normalized spacial score (nSPS) is 38.0. The van der Waals surface area contributed by atoms with Crippen molar-refractivity contribution in [3.8, 4) is 11.5 Å². The molecule has 0 aliphatic heterocycles. The van der Waals surface area contributed by atoms with E-state index in [2.05, 4.69) is 13.8 Å². The monoisotopic (exact) mass is 452 g/mol. The number of rotatable bonds is 3. The summed E-state index contributed by atoms with van der Waals surface area (Å²) in [5.74, 6) is -1.98. The van der Waals surface area contributed by atoms with Crippen LogP contribution >= 0.6 is 11.6 Å². The Hall–Kier alpha value is -1.80. The van der Waals surface area contributed by atoms with Gasteiger partial charge in [0.25, 0.3) is 0 Å². The lowest BCUT2D eigenvalue weighted by Gasteiger charge is -2.66. The molecule has 2 fully saturated rings. The molecule has 0 aromatic heterocycles. The number of esters is 1. The van der Waals surface area contributed by atoms with Gasteiger partial charge in [-0.1, -0.05) is 32.4 Å². The summed E-state index contributed by atoms with van der Waals surface area (Å²) in [7, 11) is 0. The number of aliphatic hydroxyl groups excluding tert-OH is 1. The molecule has 31 heavy (non-hydrogen) atoms. The molecule has 0 radical (unpaired) electrons. The minimum Gasteiger partial charge on any atom is -0.507 e. The van der Waals surface area contributed by atoms with E-state index in [-0.39, 0.29) is 38.8 Å². The van der Waals surface area contributed by atoms with Crippen molar-refractivity contribution >= 4 is 17.6 Å². The van der Waals surface area contributed by atoms with Gasteiger partial charge >= 0.3 is 5.97 Å². The van der Waals surface area contributed by atoms with Crippen LogP contribution in [0.5, 0.6) is 11.5 Å². The first-order chi connectivity index (χ1) is 14.2. The van der Waals surface area contributed by atoms with Crippen LogP contribution in [0.25, 0.3) is 0 Å². The van der Waals surface area contributed by atoms with Crippen LogP contribution in [0.1, 0.15) is 56.0 Å². The Morgan fingerprint density at radius 2 is 1.84 bits per heavy atom. The highest BCUT2D eigenvalue weighted by Gasteiger charge is 2.75. The van der Waals surface area contributed by atoms with Crippen molar-refractivity contribution in [2.24, 2.45) is 16.7 Å². The van der Waals surface area contributed by atoms with Gasteiger partial charge in [-0.3, -0.25) is 0 Å². The van der Waals surface area contributed by atoms with E-state index < -0.39 is 41.0 Å². The molecular formula is C23H29ClO7. The number of hydrogen-bond donors (Lipinski definition) is 5. The van der Waals surface area contributed by atoms with E-state index in [0.29, 0.717) is 19.3 Å². The Kier molecular flexibility index (Phi) is 4.77. The second-order valence-corrected chi connectivity index (χ2v) is 10.8. The Balaban J connectivity index is 1.69. The van der Waals surface area contributed by atoms with Gasteiger partial charge in [-0.25, -0.2) is 4.79 Å². The molecule has 5 atom stereocenters. The topological polar surface area (TPSA) is 127 Å². The fourth-order valence-corrected chi connectivity index (χ4v) is 6.59. The number of phenols is 2. The van der Waals surface area contributed by atoms with Gasteiger partial charge in [0.05, 0.1) is 17.2 Å². The maximum absolute atomic E-state index is 12.9. The van der Waals surface area contributed by atoms with Gasteiger partial charge in [-0.15, -0.1) is 0 Å². The quantitative estimate of drug-likeness (QED) is 0.352. The largest absolute Gasteiger partial charge is 0.507 e. The number of hydrogen-bond acceptors (Lipinski definition) is 7. The lowest BCUT2D eigenvalue weighted by Crippen LogP contribution is -2.75. The second kappa shape index (κ2) is 6.61. The third-order valence-electron chi connectivity index (χ3n) is 7.83. The molecule has 1 aromatic rings. The lowest BCUT2D eigenvalue weighted by atomic mass is 9.43. The van der Waals surface area contributed by atoms with E-state index in [1.807, 2.05) is 6.92 Å². The summed E-state index contributed by atoms with van der Waals surface area (Å²) >= 11 is 6.00. The van der Waals surface area contributed by atoms with Gasteiger partial charge in [-0.05, 0) is 48.8 Å². The van der Waals surface area contributed by atoms with Gasteiger partial charge < -0.3 is 30.3 Å². The molecule has 0 heterocycles. The summed E-state index contributed by atoms with van der Waals surface area (Å²) in [6, 6.07) is 0.964. The summed E-state index contributed by atoms with van der Waals surface area (Å²) in [4.78, 5) is 12.9. The molecule has 0 amide bonds. The summed E-state index contributed by atoms with van der Waals surface area (Å²) < 4.78 is 5.61. The van der Waals surface area contributed by atoms with E-state index in [1.165, 1.54) is 6.92 Å². The number of fused-ring (bicyclic) bond motifs is 3. The minimum atomic E-state index is -1.64. The van der Waals surface area contributed by atoms with Gasteiger partial charge in [0.1, 0.15) is 28.8 Å². The van der Waals surface area contributed by atoms with Gasteiger partial charge in [-0.2, -0.15) is 0 Å². The highest BCUT2D eigenvalue weighted by atomic mass is 35.5.